The summed E-state index contributed by atoms with van der Waals surface area (Å²) in [6.07, 6.45) is 0. The van der Waals surface area contributed by atoms with Gasteiger partial charge in [-0.25, -0.2) is 10.8 Å². The molecule has 5 heteroatoms. The molecular weight excluding hydrogens is 257 g/mol. The van der Waals surface area contributed by atoms with Crippen molar-refractivity contribution in [1.82, 2.24) is 4.98 Å². The number of hydrogen-bond acceptors (Lipinski definition) is 3. The Morgan fingerprint density at radius 2 is 1.88 bits per heavy atom. The number of anilines is 1. The Morgan fingerprint density at radius 1 is 1.24 bits per heavy atom. The molecule has 0 amide bonds. The van der Waals surface area contributed by atoms with Gasteiger partial charge in [-0.3, -0.25) is 0 Å². The summed E-state index contributed by atoms with van der Waals surface area (Å²) in [6.45, 7) is 4.14. The van der Waals surface area contributed by atoms with Crippen molar-refractivity contribution >= 4 is 39.9 Å². The van der Waals surface area contributed by atoms with Crippen molar-refractivity contribution in [3.05, 3.63) is 33.8 Å². The average Bonchev–Trinajstić information content (AvgIpc) is 2.32. The van der Waals surface area contributed by atoms with Gasteiger partial charge in [0, 0.05) is 5.39 Å². The van der Waals surface area contributed by atoms with Gasteiger partial charge < -0.3 is 5.43 Å². The quantitative estimate of drug-likeness (QED) is 0.641. The minimum absolute atomic E-state index is 0.299. The molecule has 0 saturated carbocycles. The number of nitrogens with one attached hydrogen (secondary N) is 1. The monoisotopic (exact) mass is 269 g/mol. The van der Waals surface area contributed by atoms with Crippen LogP contribution < -0.4 is 11.3 Å². The maximum atomic E-state index is 6.15. The highest BCUT2D eigenvalue weighted by Gasteiger charge is 2.13. The van der Waals surface area contributed by atoms with Crippen molar-refractivity contribution in [2.45, 2.75) is 19.8 Å². The lowest BCUT2D eigenvalue weighted by molar-refractivity contribution is 0.862. The van der Waals surface area contributed by atoms with Crippen molar-refractivity contribution in [3.63, 3.8) is 0 Å². The summed E-state index contributed by atoms with van der Waals surface area (Å²) in [5.41, 5.74) is 4.28. The maximum Gasteiger partial charge on any atom is 0.144 e. The van der Waals surface area contributed by atoms with E-state index in [2.05, 4.69) is 24.3 Å². The van der Waals surface area contributed by atoms with Crippen LogP contribution in [0.25, 0.3) is 10.9 Å². The maximum absolute atomic E-state index is 6.15. The number of pyridine rings is 1. The molecule has 2 rings (SSSR count). The predicted molar refractivity (Wildman–Crippen MR) is 73.7 cm³/mol. The van der Waals surface area contributed by atoms with Crippen molar-refractivity contribution in [2.24, 2.45) is 5.84 Å². The number of aromatic nitrogens is 1. The molecule has 0 spiro atoms. The first-order valence-corrected chi connectivity index (χ1v) is 6.05. The number of nitrogen functional groups attached to an aromatic ring is 1. The van der Waals surface area contributed by atoms with Crippen molar-refractivity contribution in [3.8, 4) is 0 Å². The number of fused-ring (bicyclic) bond motifs is 1. The van der Waals surface area contributed by atoms with Crippen LogP contribution in [0.4, 0.5) is 5.82 Å². The van der Waals surface area contributed by atoms with E-state index in [0.717, 1.165) is 10.9 Å². The van der Waals surface area contributed by atoms with Gasteiger partial charge >= 0.3 is 0 Å². The van der Waals surface area contributed by atoms with E-state index in [-0.39, 0.29) is 0 Å². The zero-order chi connectivity index (χ0) is 12.6. The Morgan fingerprint density at radius 3 is 2.47 bits per heavy atom. The molecule has 3 N–H and O–H groups in total. The van der Waals surface area contributed by atoms with Crippen LogP contribution in [0.5, 0.6) is 0 Å². The number of nitrogens with zero attached hydrogens (tertiary/aromatic N) is 1. The van der Waals surface area contributed by atoms with Gasteiger partial charge in [-0.05, 0) is 29.7 Å². The molecule has 1 aromatic carbocycles. The van der Waals surface area contributed by atoms with E-state index in [9.17, 15) is 0 Å². The molecule has 1 aromatic heterocycles. The van der Waals surface area contributed by atoms with Gasteiger partial charge in [0.05, 0.1) is 15.6 Å². The smallest absolute Gasteiger partial charge is 0.144 e. The van der Waals surface area contributed by atoms with Crippen molar-refractivity contribution in [1.29, 1.82) is 0 Å². The van der Waals surface area contributed by atoms with Crippen molar-refractivity contribution < 1.29 is 0 Å². The second kappa shape index (κ2) is 4.69. The van der Waals surface area contributed by atoms with Gasteiger partial charge in [-0.1, -0.05) is 37.0 Å². The fraction of sp³-hybridized carbons (Fsp3) is 0.250. The highest BCUT2D eigenvalue weighted by Crippen LogP contribution is 2.33. The van der Waals surface area contributed by atoms with E-state index in [1.54, 1.807) is 12.1 Å². The predicted octanol–water partition coefficient (Wildman–Crippen LogP) is 3.95. The molecule has 0 aliphatic heterocycles. The number of benzene rings is 1. The van der Waals surface area contributed by atoms with E-state index < -0.39 is 0 Å². The molecular formula is C12H13Cl2N3. The van der Waals surface area contributed by atoms with E-state index in [0.29, 0.717) is 27.3 Å². The standard InChI is InChI=1S/C12H13Cl2N3/c1-6(2)7-5-8-9(13)3-4-10(14)11(8)16-12(7)17-15/h3-6H,15H2,1-2H3,(H,16,17). The zero-order valence-electron chi connectivity index (χ0n) is 9.59. The van der Waals surface area contributed by atoms with Gasteiger partial charge in [0.1, 0.15) is 5.82 Å². The number of rotatable bonds is 2. The van der Waals surface area contributed by atoms with Crippen LogP contribution in [0.1, 0.15) is 25.3 Å². The van der Waals surface area contributed by atoms with E-state index in [1.807, 2.05) is 6.07 Å². The molecule has 0 unspecified atom stereocenters. The Kier molecular flexibility index (Phi) is 3.43. The Balaban J connectivity index is 2.83. The van der Waals surface area contributed by atoms with E-state index >= 15 is 0 Å². The topological polar surface area (TPSA) is 50.9 Å². The fourth-order valence-electron chi connectivity index (χ4n) is 1.76. The second-order valence-electron chi connectivity index (χ2n) is 4.15. The molecule has 0 aliphatic carbocycles. The Hall–Kier alpha value is -1.03. The molecule has 90 valence electrons. The minimum Gasteiger partial charge on any atom is -0.308 e. The minimum atomic E-state index is 0.299. The van der Waals surface area contributed by atoms with Gasteiger partial charge in [0.2, 0.25) is 0 Å². The second-order valence-corrected chi connectivity index (χ2v) is 4.97. The summed E-state index contributed by atoms with van der Waals surface area (Å²) in [7, 11) is 0. The molecule has 0 saturated heterocycles. The summed E-state index contributed by atoms with van der Waals surface area (Å²) >= 11 is 12.3. The number of nitrogens with two attached hydrogens (primary N) is 1. The third kappa shape index (κ3) is 2.18. The highest BCUT2D eigenvalue weighted by molar-refractivity contribution is 6.39. The van der Waals surface area contributed by atoms with Crippen molar-refractivity contribution in [2.75, 3.05) is 5.43 Å². The SMILES string of the molecule is CC(C)c1cc2c(Cl)ccc(Cl)c2nc1NN. The highest BCUT2D eigenvalue weighted by atomic mass is 35.5. The van der Waals surface area contributed by atoms with Gasteiger partial charge in [-0.2, -0.15) is 0 Å². The molecule has 0 radical (unpaired) electrons. The molecule has 0 atom stereocenters. The molecule has 0 bridgehead atoms. The first-order chi connectivity index (χ1) is 8.04. The van der Waals surface area contributed by atoms with Crippen LogP contribution >= 0.6 is 23.2 Å². The number of halogens is 2. The molecule has 3 nitrogen and oxygen atoms in total. The van der Waals surface area contributed by atoms with Crippen LogP contribution in [-0.4, -0.2) is 4.98 Å². The zero-order valence-corrected chi connectivity index (χ0v) is 11.1. The fourth-order valence-corrected chi connectivity index (χ4v) is 2.18. The normalized spacial score (nSPS) is 11.2. The number of hydrazine groups is 1. The van der Waals surface area contributed by atoms with Gasteiger partial charge in [0.15, 0.2) is 0 Å². The molecule has 17 heavy (non-hydrogen) atoms. The molecule has 0 aliphatic rings. The summed E-state index contributed by atoms with van der Waals surface area (Å²) in [5, 5.41) is 2.06. The average molecular weight is 270 g/mol. The number of hydrogen-bond donors (Lipinski definition) is 2. The van der Waals surface area contributed by atoms with Crippen LogP contribution in [-0.2, 0) is 0 Å². The first kappa shape index (κ1) is 12.4. The third-order valence-corrected chi connectivity index (χ3v) is 3.30. The summed E-state index contributed by atoms with van der Waals surface area (Å²) in [6, 6.07) is 5.48. The Labute approximate surface area is 110 Å². The molecule has 2 aromatic rings. The lowest BCUT2D eigenvalue weighted by atomic mass is 10.0. The first-order valence-electron chi connectivity index (χ1n) is 5.30. The lowest BCUT2D eigenvalue weighted by Gasteiger charge is -2.13. The van der Waals surface area contributed by atoms with Crippen LogP contribution in [0.2, 0.25) is 10.0 Å². The molecule has 0 fully saturated rings. The summed E-state index contributed by atoms with van der Waals surface area (Å²) in [4.78, 5) is 4.42. The van der Waals surface area contributed by atoms with Crippen LogP contribution in [0.15, 0.2) is 18.2 Å². The van der Waals surface area contributed by atoms with Gasteiger partial charge in [0.25, 0.3) is 0 Å². The lowest BCUT2D eigenvalue weighted by Crippen LogP contribution is -2.12. The summed E-state index contributed by atoms with van der Waals surface area (Å²) < 4.78 is 0. The Bertz CT molecular complexity index is 567. The van der Waals surface area contributed by atoms with Crippen LogP contribution in [0, 0.1) is 0 Å². The third-order valence-electron chi connectivity index (χ3n) is 2.67. The molecule has 1 heterocycles. The van der Waals surface area contributed by atoms with Gasteiger partial charge in [-0.15, -0.1) is 0 Å². The van der Waals surface area contributed by atoms with E-state index in [4.69, 9.17) is 29.0 Å². The largest absolute Gasteiger partial charge is 0.308 e. The summed E-state index contributed by atoms with van der Waals surface area (Å²) in [5.74, 6) is 6.41. The van der Waals surface area contributed by atoms with E-state index in [1.165, 1.54) is 0 Å². The van der Waals surface area contributed by atoms with Crippen LogP contribution in [0.3, 0.4) is 0 Å².